The van der Waals surface area contributed by atoms with Crippen molar-refractivity contribution in [2.24, 2.45) is 5.92 Å². The Hall–Kier alpha value is -3.78. The molecule has 3 heterocycles. The maximum absolute atomic E-state index is 13.2. The highest BCUT2D eigenvalue weighted by Crippen LogP contribution is 2.41. The molecular formula is C28H28FN5O2. The minimum absolute atomic E-state index is 0.0163. The van der Waals surface area contributed by atoms with E-state index in [1.54, 1.807) is 12.1 Å². The Labute approximate surface area is 208 Å². The molecule has 184 valence electrons. The summed E-state index contributed by atoms with van der Waals surface area (Å²) in [7, 11) is 0. The van der Waals surface area contributed by atoms with Crippen LogP contribution in [-0.4, -0.2) is 38.7 Å². The zero-order valence-electron chi connectivity index (χ0n) is 20.1. The van der Waals surface area contributed by atoms with E-state index >= 15 is 0 Å². The minimum Gasteiger partial charge on any atom is -0.385 e. The third-order valence-electron chi connectivity index (χ3n) is 7.60. The molecule has 1 saturated carbocycles. The zero-order valence-corrected chi connectivity index (χ0v) is 20.1. The fourth-order valence-electron chi connectivity index (χ4n) is 5.07. The molecule has 1 aliphatic carbocycles. The second-order valence-electron chi connectivity index (χ2n) is 9.99. The van der Waals surface area contributed by atoms with Crippen molar-refractivity contribution in [3.63, 3.8) is 0 Å². The van der Waals surface area contributed by atoms with E-state index in [4.69, 9.17) is 0 Å². The number of carbonyl (C=O) groups excluding carboxylic acids is 1. The maximum atomic E-state index is 13.2. The number of fused-ring (bicyclic) bond motifs is 1. The van der Waals surface area contributed by atoms with Crippen LogP contribution in [0.1, 0.15) is 43.4 Å². The van der Waals surface area contributed by atoms with E-state index in [-0.39, 0.29) is 23.7 Å². The van der Waals surface area contributed by atoms with Gasteiger partial charge in [0, 0.05) is 24.8 Å². The zero-order chi connectivity index (χ0) is 24.9. The van der Waals surface area contributed by atoms with Gasteiger partial charge in [0.25, 0.3) is 0 Å². The number of aliphatic hydroxyl groups is 1. The number of carbonyl (C=O) groups is 1. The van der Waals surface area contributed by atoms with E-state index in [1.807, 2.05) is 41.9 Å². The van der Waals surface area contributed by atoms with Crippen LogP contribution in [0.25, 0.3) is 16.6 Å². The topological polar surface area (TPSA) is 82.8 Å². The van der Waals surface area contributed by atoms with Gasteiger partial charge in [0.1, 0.15) is 17.7 Å². The predicted octanol–water partition coefficient (Wildman–Crippen LogP) is 4.22. The number of benzene rings is 2. The largest absolute Gasteiger partial charge is 0.385 e. The van der Waals surface area contributed by atoms with E-state index in [2.05, 4.69) is 26.4 Å². The molecule has 2 aliphatic rings. The smallest absolute Gasteiger partial charge is 0.227 e. The lowest BCUT2D eigenvalue weighted by Crippen LogP contribution is -2.54. The van der Waals surface area contributed by atoms with Crippen LogP contribution < -0.4 is 10.2 Å². The normalized spacial score (nSPS) is 17.9. The van der Waals surface area contributed by atoms with Gasteiger partial charge in [-0.15, -0.1) is 0 Å². The van der Waals surface area contributed by atoms with Crippen LogP contribution >= 0.6 is 0 Å². The monoisotopic (exact) mass is 485 g/mol. The van der Waals surface area contributed by atoms with Crippen molar-refractivity contribution in [2.45, 2.75) is 37.8 Å². The Bertz CT molecular complexity index is 1410. The summed E-state index contributed by atoms with van der Waals surface area (Å²) in [6.07, 6.45) is 6.22. The first kappa shape index (κ1) is 22.7. The fourth-order valence-corrected chi connectivity index (χ4v) is 5.07. The lowest BCUT2D eigenvalue weighted by Gasteiger charge is -2.39. The SMILES string of the molecule is C[C@H](NC(=O)C1CN(c2ncnn3cc(-c4ccc(C5(O)CCC5)cc4)cc23)C1)c1ccc(F)cc1. The van der Waals surface area contributed by atoms with Gasteiger partial charge in [-0.25, -0.2) is 13.9 Å². The second kappa shape index (κ2) is 8.71. The summed E-state index contributed by atoms with van der Waals surface area (Å²) < 4.78 is 15.0. The molecule has 8 heteroatoms. The van der Waals surface area contributed by atoms with Crippen molar-refractivity contribution < 1.29 is 14.3 Å². The molecule has 0 bridgehead atoms. The maximum Gasteiger partial charge on any atom is 0.227 e. The first-order valence-electron chi connectivity index (χ1n) is 12.4. The Morgan fingerprint density at radius 3 is 2.50 bits per heavy atom. The standard InChI is InChI=1S/C28H28FN5O2/c1-18(19-5-9-24(29)10-6-19)32-27(35)22-14-33(15-22)26-25-13-21(16-34(25)31-17-30-26)20-3-7-23(8-4-20)28(36)11-2-12-28/h3-10,13,16-18,22,36H,2,11-12,14-15H2,1H3,(H,32,35)/t18-/m0/s1. The number of amides is 1. The van der Waals surface area contributed by atoms with E-state index in [0.29, 0.717) is 13.1 Å². The minimum atomic E-state index is -0.667. The summed E-state index contributed by atoms with van der Waals surface area (Å²) >= 11 is 0. The Kier molecular flexibility index (Phi) is 5.48. The van der Waals surface area contributed by atoms with Crippen molar-refractivity contribution in [1.82, 2.24) is 19.9 Å². The molecule has 1 amide bonds. The van der Waals surface area contributed by atoms with Gasteiger partial charge in [-0.1, -0.05) is 36.4 Å². The molecule has 2 aromatic carbocycles. The molecular weight excluding hydrogens is 457 g/mol. The van der Waals surface area contributed by atoms with E-state index in [0.717, 1.165) is 52.9 Å². The first-order chi connectivity index (χ1) is 17.4. The summed E-state index contributed by atoms with van der Waals surface area (Å²) in [6.45, 7) is 3.04. The molecule has 0 spiro atoms. The number of hydrogen-bond acceptors (Lipinski definition) is 5. The number of nitrogens with zero attached hydrogens (tertiary/aromatic N) is 4. The van der Waals surface area contributed by atoms with Crippen molar-refractivity contribution in [1.29, 1.82) is 0 Å². The van der Waals surface area contributed by atoms with Crippen molar-refractivity contribution in [2.75, 3.05) is 18.0 Å². The third kappa shape index (κ3) is 4.01. The fraction of sp³-hybridized carbons (Fsp3) is 0.321. The highest BCUT2D eigenvalue weighted by Gasteiger charge is 2.36. The lowest BCUT2D eigenvalue weighted by molar-refractivity contribution is -0.126. The average molecular weight is 486 g/mol. The van der Waals surface area contributed by atoms with E-state index in [1.165, 1.54) is 18.5 Å². The molecule has 6 rings (SSSR count). The van der Waals surface area contributed by atoms with Crippen LogP contribution in [0.3, 0.4) is 0 Å². The van der Waals surface area contributed by atoms with Gasteiger partial charge >= 0.3 is 0 Å². The van der Waals surface area contributed by atoms with Gasteiger partial charge in [-0.05, 0) is 61.1 Å². The van der Waals surface area contributed by atoms with Crippen LogP contribution in [-0.2, 0) is 10.4 Å². The summed E-state index contributed by atoms with van der Waals surface area (Å²) in [4.78, 5) is 19.4. The number of anilines is 1. The van der Waals surface area contributed by atoms with Gasteiger partial charge in [0.2, 0.25) is 5.91 Å². The van der Waals surface area contributed by atoms with Gasteiger partial charge in [-0.2, -0.15) is 5.10 Å². The Morgan fingerprint density at radius 1 is 1.11 bits per heavy atom. The average Bonchev–Trinajstić information content (AvgIpc) is 3.27. The molecule has 1 saturated heterocycles. The van der Waals surface area contributed by atoms with Gasteiger partial charge < -0.3 is 15.3 Å². The molecule has 36 heavy (non-hydrogen) atoms. The highest BCUT2D eigenvalue weighted by molar-refractivity contribution is 5.84. The molecule has 1 aliphatic heterocycles. The lowest BCUT2D eigenvalue weighted by atomic mass is 9.75. The van der Waals surface area contributed by atoms with E-state index in [9.17, 15) is 14.3 Å². The summed E-state index contributed by atoms with van der Waals surface area (Å²) in [6, 6.07) is 16.2. The molecule has 0 unspecified atom stereocenters. The van der Waals surface area contributed by atoms with Crippen molar-refractivity contribution in [3.05, 3.63) is 84.1 Å². The molecule has 4 aromatic rings. The molecule has 2 N–H and O–H groups in total. The van der Waals surface area contributed by atoms with E-state index < -0.39 is 5.60 Å². The van der Waals surface area contributed by atoms with Gasteiger partial charge in [-0.3, -0.25) is 4.79 Å². The third-order valence-corrected chi connectivity index (χ3v) is 7.60. The van der Waals surface area contributed by atoms with Crippen LogP contribution in [0, 0.1) is 11.7 Å². The number of aromatic nitrogens is 3. The molecule has 0 radical (unpaired) electrons. The quantitative estimate of drug-likeness (QED) is 0.427. The Balaban J connectivity index is 1.14. The van der Waals surface area contributed by atoms with Crippen LogP contribution in [0.15, 0.2) is 67.1 Å². The predicted molar refractivity (Wildman–Crippen MR) is 135 cm³/mol. The summed E-state index contributed by atoms with van der Waals surface area (Å²) in [5.74, 6) is 0.354. The van der Waals surface area contributed by atoms with Gasteiger partial charge in [0.05, 0.1) is 17.6 Å². The Morgan fingerprint density at radius 2 is 1.83 bits per heavy atom. The molecule has 2 fully saturated rings. The summed E-state index contributed by atoms with van der Waals surface area (Å²) in [5, 5.41) is 18.0. The molecule has 2 aromatic heterocycles. The van der Waals surface area contributed by atoms with Crippen LogP contribution in [0.2, 0.25) is 0 Å². The number of hydrogen-bond donors (Lipinski definition) is 2. The summed E-state index contributed by atoms with van der Waals surface area (Å²) in [5.41, 5.74) is 4.13. The van der Waals surface area contributed by atoms with Crippen molar-refractivity contribution >= 4 is 17.2 Å². The van der Waals surface area contributed by atoms with Crippen LogP contribution in [0.5, 0.6) is 0 Å². The second-order valence-corrected chi connectivity index (χ2v) is 9.99. The number of halogens is 1. The van der Waals surface area contributed by atoms with Crippen LogP contribution in [0.4, 0.5) is 10.2 Å². The number of nitrogens with one attached hydrogen (secondary N) is 1. The number of rotatable bonds is 6. The molecule has 1 atom stereocenters. The molecule has 7 nitrogen and oxygen atoms in total. The first-order valence-corrected chi connectivity index (χ1v) is 12.4. The highest BCUT2D eigenvalue weighted by atomic mass is 19.1. The van der Waals surface area contributed by atoms with Crippen molar-refractivity contribution in [3.8, 4) is 11.1 Å². The van der Waals surface area contributed by atoms with Gasteiger partial charge in [0.15, 0.2) is 5.82 Å².